The Bertz CT molecular complexity index is 1120. The summed E-state index contributed by atoms with van der Waals surface area (Å²) in [7, 11) is 0. The number of ether oxygens (including phenoxy) is 2. The number of carbonyl (C=O) groups is 1. The van der Waals surface area contributed by atoms with Gasteiger partial charge in [-0.3, -0.25) is 9.78 Å². The predicted octanol–water partition coefficient (Wildman–Crippen LogP) is 5.32. The number of hydrogen-bond donors (Lipinski definition) is 0. The molecule has 2 aliphatic rings. The Hall–Kier alpha value is -3.25. The van der Waals surface area contributed by atoms with Crippen LogP contribution in [-0.4, -0.2) is 47.1 Å². The van der Waals surface area contributed by atoms with Gasteiger partial charge in [0, 0.05) is 44.6 Å². The lowest BCUT2D eigenvalue weighted by atomic mass is 9.73. The molecule has 1 aromatic heterocycles. The summed E-state index contributed by atoms with van der Waals surface area (Å²) in [4.78, 5) is 25.1. The average Bonchev–Trinajstić information content (AvgIpc) is 2.91. The molecule has 0 spiro atoms. The number of amides is 1. The van der Waals surface area contributed by atoms with Crippen LogP contribution in [0.15, 0.2) is 67.0 Å². The molecule has 182 valence electrons. The maximum Gasteiger partial charge on any atom is 0.241 e. The van der Waals surface area contributed by atoms with Gasteiger partial charge in [0.05, 0.1) is 5.41 Å². The Morgan fingerprint density at radius 2 is 1.69 bits per heavy atom. The van der Waals surface area contributed by atoms with Crippen LogP contribution in [0.25, 0.3) is 0 Å². The number of carbonyl (C=O) groups excluding carboxylic acids is 1. The van der Waals surface area contributed by atoms with Crippen molar-refractivity contribution < 1.29 is 14.3 Å². The molecule has 2 saturated heterocycles. The van der Waals surface area contributed by atoms with E-state index in [1.54, 1.807) is 12.4 Å². The normalized spacial score (nSPS) is 18.3. The van der Waals surface area contributed by atoms with Crippen LogP contribution in [-0.2, 0) is 16.0 Å². The van der Waals surface area contributed by atoms with Crippen molar-refractivity contribution in [1.29, 1.82) is 0 Å². The first-order chi connectivity index (χ1) is 17.1. The van der Waals surface area contributed by atoms with Crippen LogP contribution in [0.5, 0.6) is 11.6 Å². The Labute approximate surface area is 207 Å². The van der Waals surface area contributed by atoms with Crippen molar-refractivity contribution in [3.8, 4) is 11.6 Å². The van der Waals surface area contributed by atoms with Gasteiger partial charge in [0.2, 0.25) is 11.8 Å². The molecule has 6 nitrogen and oxygen atoms in total. The molecule has 2 aliphatic heterocycles. The third kappa shape index (κ3) is 5.38. The second kappa shape index (κ2) is 10.6. The monoisotopic (exact) mass is 471 g/mol. The number of nitrogens with zero attached hydrogens (tertiary/aromatic N) is 3. The highest BCUT2D eigenvalue weighted by Crippen LogP contribution is 2.39. The lowest BCUT2D eigenvalue weighted by Gasteiger charge is -2.42. The van der Waals surface area contributed by atoms with Crippen LogP contribution >= 0.6 is 0 Å². The molecule has 0 radical (unpaired) electrons. The van der Waals surface area contributed by atoms with Crippen molar-refractivity contribution in [2.75, 3.05) is 26.3 Å². The van der Waals surface area contributed by atoms with Gasteiger partial charge in [-0.15, -0.1) is 0 Å². The van der Waals surface area contributed by atoms with E-state index in [1.165, 1.54) is 11.1 Å². The molecule has 0 bridgehead atoms. The van der Waals surface area contributed by atoms with Crippen molar-refractivity contribution >= 4 is 5.91 Å². The SMILES string of the molecule is Cc1ccc(Oc2nccnc2C2CCN(C(=O)C3(Cc4ccccc4)CCOCC3)CC2)cc1. The van der Waals surface area contributed by atoms with Gasteiger partial charge in [-0.25, -0.2) is 4.98 Å². The minimum atomic E-state index is -0.376. The highest BCUT2D eigenvalue weighted by molar-refractivity contribution is 5.83. The second-order valence-corrected chi connectivity index (χ2v) is 9.78. The van der Waals surface area contributed by atoms with E-state index in [0.717, 1.165) is 56.6 Å². The molecule has 0 saturated carbocycles. The standard InChI is InChI=1S/C29H33N3O3/c1-22-7-9-25(10-8-22)35-27-26(30-15-16-31-27)24-11-17-32(18-12-24)28(33)29(13-19-34-20-14-29)21-23-5-3-2-4-6-23/h2-10,15-16,24H,11-14,17-21H2,1H3. The maximum atomic E-state index is 13.9. The molecular formula is C29H33N3O3. The summed E-state index contributed by atoms with van der Waals surface area (Å²) in [5.74, 6) is 1.81. The number of likely N-dealkylation sites (tertiary alicyclic amines) is 1. The fourth-order valence-corrected chi connectivity index (χ4v) is 5.32. The van der Waals surface area contributed by atoms with Gasteiger partial charge in [-0.2, -0.15) is 0 Å². The molecule has 0 aliphatic carbocycles. The number of hydrogen-bond acceptors (Lipinski definition) is 5. The molecule has 0 atom stereocenters. The molecule has 6 heteroatoms. The van der Waals surface area contributed by atoms with Crippen molar-refractivity contribution in [2.24, 2.45) is 5.41 Å². The van der Waals surface area contributed by atoms with E-state index in [9.17, 15) is 4.79 Å². The van der Waals surface area contributed by atoms with Crippen molar-refractivity contribution in [3.63, 3.8) is 0 Å². The average molecular weight is 472 g/mol. The van der Waals surface area contributed by atoms with Crippen LogP contribution in [0.4, 0.5) is 0 Å². The molecular weight excluding hydrogens is 438 g/mol. The predicted molar refractivity (Wildman–Crippen MR) is 134 cm³/mol. The molecule has 5 rings (SSSR count). The fraction of sp³-hybridized carbons (Fsp3) is 0.414. The molecule has 3 aromatic rings. The summed E-state index contributed by atoms with van der Waals surface area (Å²) in [5, 5.41) is 0. The van der Waals surface area contributed by atoms with E-state index in [0.29, 0.717) is 19.1 Å². The number of piperidine rings is 1. The van der Waals surface area contributed by atoms with Gasteiger partial charge < -0.3 is 14.4 Å². The van der Waals surface area contributed by atoms with Gasteiger partial charge in [-0.1, -0.05) is 48.0 Å². The van der Waals surface area contributed by atoms with E-state index < -0.39 is 0 Å². The highest BCUT2D eigenvalue weighted by Gasteiger charge is 2.43. The molecule has 35 heavy (non-hydrogen) atoms. The molecule has 0 N–H and O–H groups in total. The maximum absolute atomic E-state index is 13.9. The molecule has 2 aromatic carbocycles. The fourth-order valence-electron chi connectivity index (χ4n) is 5.32. The van der Waals surface area contributed by atoms with E-state index in [-0.39, 0.29) is 17.2 Å². The quantitative estimate of drug-likeness (QED) is 0.487. The van der Waals surface area contributed by atoms with E-state index >= 15 is 0 Å². The minimum Gasteiger partial charge on any atom is -0.437 e. The summed E-state index contributed by atoms with van der Waals surface area (Å²) < 4.78 is 11.7. The summed E-state index contributed by atoms with van der Waals surface area (Å²) in [6.45, 7) is 4.79. The Morgan fingerprint density at radius 1 is 1.00 bits per heavy atom. The number of rotatable bonds is 6. The van der Waals surface area contributed by atoms with Gasteiger partial charge in [0.15, 0.2) is 0 Å². The smallest absolute Gasteiger partial charge is 0.241 e. The van der Waals surface area contributed by atoms with Crippen molar-refractivity contribution in [1.82, 2.24) is 14.9 Å². The lowest BCUT2D eigenvalue weighted by molar-refractivity contribution is -0.149. The second-order valence-electron chi connectivity index (χ2n) is 9.78. The van der Waals surface area contributed by atoms with Crippen LogP contribution < -0.4 is 4.74 Å². The van der Waals surface area contributed by atoms with Crippen LogP contribution in [0.2, 0.25) is 0 Å². The third-order valence-corrected chi connectivity index (χ3v) is 7.38. The minimum absolute atomic E-state index is 0.216. The zero-order valence-corrected chi connectivity index (χ0v) is 20.4. The van der Waals surface area contributed by atoms with Gasteiger partial charge in [0.25, 0.3) is 0 Å². The molecule has 0 unspecified atom stereocenters. The van der Waals surface area contributed by atoms with Crippen LogP contribution in [0.1, 0.15) is 48.4 Å². The first-order valence-corrected chi connectivity index (χ1v) is 12.6. The van der Waals surface area contributed by atoms with E-state index in [1.807, 2.05) is 30.3 Å². The summed E-state index contributed by atoms with van der Waals surface area (Å²) in [6.07, 6.45) is 7.43. The summed E-state index contributed by atoms with van der Waals surface area (Å²) in [6, 6.07) is 18.3. The zero-order valence-electron chi connectivity index (χ0n) is 20.4. The number of benzene rings is 2. The van der Waals surface area contributed by atoms with Crippen LogP contribution in [0, 0.1) is 12.3 Å². The van der Waals surface area contributed by atoms with Crippen molar-refractivity contribution in [3.05, 3.63) is 83.8 Å². The lowest BCUT2D eigenvalue weighted by Crippen LogP contribution is -2.50. The summed E-state index contributed by atoms with van der Waals surface area (Å²) in [5.41, 5.74) is 2.90. The first-order valence-electron chi connectivity index (χ1n) is 12.6. The Balaban J connectivity index is 1.27. The van der Waals surface area contributed by atoms with Gasteiger partial charge in [0.1, 0.15) is 11.4 Å². The van der Waals surface area contributed by atoms with E-state index in [2.05, 4.69) is 46.1 Å². The molecule has 2 fully saturated rings. The largest absolute Gasteiger partial charge is 0.437 e. The molecule has 1 amide bonds. The topological polar surface area (TPSA) is 64.6 Å². The third-order valence-electron chi connectivity index (χ3n) is 7.38. The molecule has 3 heterocycles. The first kappa shape index (κ1) is 23.5. The zero-order chi connectivity index (χ0) is 24.1. The van der Waals surface area contributed by atoms with E-state index in [4.69, 9.17) is 9.47 Å². The van der Waals surface area contributed by atoms with Crippen molar-refractivity contribution in [2.45, 2.75) is 44.9 Å². The number of aromatic nitrogens is 2. The Morgan fingerprint density at radius 3 is 2.40 bits per heavy atom. The number of aryl methyl sites for hydroxylation is 1. The Kier molecular flexibility index (Phi) is 7.09. The van der Waals surface area contributed by atoms with Gasteiger partial charge in [-0.05, 0) is 56.7 Å². The van der Waals surface area contributed by atoms with Crippen LogP contribution in [0.3, 0.4) is 0 Å². The summed E-state index contributed by atoms with van der Waals surface area (Å²) >= 11 is 0. The highest BCUT2D eigenvalue weighted by atomic mass is 16.5. The van der Waals surface area contributed by atoms with Gasteiger partial charge >= 0.3 is 0 Å².